The van der Waals surface area contributed by atoms with Crippen LogP contribution in [0.15, 0.2) is 16.9 Å². The summed E-state index contributed by atoms with van der Waals surface area (Å²) >= 11 is 0. The lowest BCUT2D eigenvalue weighted by Crippen LogP contribution is -2.47. The molecule has 0 saturated heterocycles. The van der Waals surface area contributed by atoms with E-state index in [9.17, 15) is 14.0 Å². The van der Waals surface area contributed by atoms with Crippen LogP contribution in [-0.2, 0) is 11.2 Å². The van der Waals surface area contributed by atoms with Crippen molar-refractivity contribution in [1.29, 1.82) is 0 Å². The topological polar surface area (TPSA) is 83.2 Å². The Balaban J connectivity index is 1.67. The molecular weight excluding hydrogens is 385 g/mol. The first-order valence-electron chi connectivity index (χ1n) is 10.0. The highest BCUT2D eigenvalue weighted by molar-refractivity contribution is 5.80. The standard InChI is InChI=1S/C23H26FN3O3/c1-11-8-15(24)20-17(9-11)30-23(4,5)21(20)27-18(28)10-14-12(2)19-13(3)25-7-6-16(19)26-22(14)29/h6,8-9,21,25H,7,10H2,1-5H3,(H,26,29)(H,27,28)/t21-/m1/s1. The number of rotatable bonds is 3. The lowest BCUT2D eigenvalue weighted by atomic mass is 9.93. The number of ether oxygens (including phenoxy) is 1. The van der Waals surface area contributed by atoms with Crippen LogP contribution < -0.4 is 31.5 Å². The van der Waals surface area contributed by atoms with E-state index in [1.165, 1.54) is 6.07 Å². The predicted molar refractivity (Wildman–Crippen MR) is 113 cm³/mol. The third-order valence-corrected chi connectivity index (χ3v) is 5.90. The SMILES string of the molecule is CC1=c2c(C)c(CC(=O)N[C@@H]3c4c(F)cc(C)cc4OC3(C)C)c(=O)[nH]c2=CCN1. The summed E-state index contributed by atoms with van der Waals surface area (Å²) in [4.78, 5) is 28.4. The zero-order valence-corrected chi connectivity index (χ0v) is 17.8. The van der Waals surface area contributed by atoms with Gasteiger partial charge in [0.05, 0.1) is 18.0 Å². The van der Waals surface area contributed by atoms with E-state index in [4.69, 9.17) is 4.74 Å². The summed E-state index contributed by atoms with van der Waals surface area (Å²) in [5, 5.41) is 7.83. The second-order valence-corrected chi connectivity index (χ2v) is 8.60. The third-order valence-electron chi connectivity index (χ3n) is 5.90. The molecule has 7 heteroatoms. The van der Waals surface area contributed by atoms with Crippen LogP contribution in [0.25, 0.3) is 11.8 Å². The molecule has 1 aromatic heterocycles. The number of fused-ring (bicyclic) bond motifs is 2. The molecule has 0 saturated carbocycles. The zero-order valence-electron chi connectivity index (χ0n) is 17.8. The molecule has 0 unspecified atom stereocenters. The second kappa shape index (κ2) is 7.00. The van der Waals surface area contributed by atoms with Gasteiger partial charge in [-0.05, 0) is 64.0 Å². The number of aromatic amines is 1. The number of pyridine rings is 1. The molecule has 0 bridgehead atoms. The summed E-state index contributed by atoms with van der Waals surface area (Å²) in [7, 11) is 0. The van der Waals surface area contributed by atoms with E-state index in [0.29, 0.717) is 23.4 Å². The minimum absolute atomic E-state index is 0.100. The maximum Gasteiger partial charge on any atom is 0.252 e. The van der Waals surface area contributed by atoms with Crippen molar-refractivity contribution in [2.75, 3.05) is 6.54 Å². The van der Waals surface area contributed by atoms with Crippen LogP contribution in [0.5, 0.6) is 5.75 Å². The minimum Gasteiger partial charge on any atom is -0.485 e. The average molecular weight is 411 g/mol. The van der Waals surface area contributed by atoms with Gasteiger partial charge in [-0.25, -0.2) is 4.39 Å². The first-order chi connectivity index (χ1) is 14.1. The Labute approximate surface area is 173 Å². The maximum absolute atomic E-state index is 14.7. The number of aromatic nitrogens is 1. The van der Waals surface area contributed by atoms with Crippen LogP contribution in [0, 0.1) is 19.7 Å². The number of carbonyl (C=O) groups is 1. The molecule has 0 fully saturated rings. The quantitative estimate of drug-likeness (QED) is 0.709. The van der Waals surface area contributed by atoms with Gasteiger partial charge in [0, 0.05) is 28.4 Å². The molecule has 158 valence electrons. The molecule has 1 atom stereocenters. The van der Waals surface area contributed by atoms with Crippen LogP contribution >= 0.6 is 0 Å². The Bertz CT molecular complexity index is 1240. The molecule has 3 N–H and O–H groups in total. The fourth-order valence-electron chi connectivity index (χ4n) is 4.42. The maximum atomic E-state index is 14.7. The lowest BCUT2D eigenvalue weighted by Gasteiger charge is -2.27. The predicted octanol–water partition coefficient (Wildman–Crippen LogP) is 1.21. The van der Waals surface area contributed by atoms with E-state index in [1.54, 1.807) is 13.0 Å². The highest BCUT2D eigenvalue weighted by atomic mass is 19.1. The molecule has 2 aromatic rings. The van der Waals surface area contributed by atoms with Crippen LogP contribution in [0.3, 0.4) is 0 Å². The zero-order chi connectivity index (χ0) is 21.8. The van der Waals surface area contributed by atoms with Gasteiger partial charge in [-0.3, -0.25) is 9.59 Å². The summed E-state index contributed by atoms with van der Waals surface area (Å²) in [6.07, 6.45) is 1.82. The molecular formula is C23H26FN3O3. The van der Waals surface area contributed by atoms with Gasteiger partial charge >= 0.3 is 0 Å². The smallest absolute Gasteiger partial charge is 0.252 e. The van der Waals surface area contributed by atoms with Crippen molar-refractivity contribution < 1.29 is 13.9 Å². The number of carbonyl (C=O) groups excluding carboxylic acids is 1. The van der Waals surface area contributed by atoms with Crippen molar-refractivity contribution in [3.63, 3.8) is 0 Å². The molecule has 0 radical (unpaired) electrons. The van der Waals surface area contributed by atoms with Gasteiger partial charge in [-0.1, -0.05) is 0 Å². The highest BCUT2D eigenvalue weighted by Gasteiger charge is 2.44. The average Bonchev–Trinajstić information content (AvgIpc) is 2.88. The van der Waals surface area contributed by atoms with Crippen molar-refractivity contribution in [1.82, 2.24) is 15.6 Å². The first-order valence-corrected chi connectivity index (χ1v) is 10.0. The number of aryl methyl sites for hydroxylation is 1. The number of hydrogen-bond acceptors (Lipinski definition) is 4. The summed E-state index contributed by atoms with van der Waals surface area (Å²) in [6, 6.07) is 2.55. The number of halogens is 1. The van der Waals surface area contributed by atoms with E-state index in [2.05, 4.69) is 15.6 Å². The molecule has 1 amide bonds. The monoisotopic (exact) mass is 411 g/mol. The molecule has 6 nitrogen and oxygen atoms in total. The fraction of sp³-hybridized carbons (Fsp3) is 0.391. The van der Waals surface area contributed by atoms with Gasteiger partial charge in [-0.15, -0.1) is 0 Å². The second-order valence-electron chi connectivity index (χ2n) is 8.60. The van der Waals surface area contributed by atoms with Crippen molar-refractivity contribution in [2.24, 2.45) is 0 Å². The number of benzene rings is 1. The fourth-order valence-corrected chi connectivity index (χ4v) is 4.42. The van der Waals surface area contributed by atoms with Crippen LogP contribution in [0.1, 0.15) is 49.1 Å². The summed E-state index contributed by atoms with van der Waals surface area (Å²) in [5.74, 6) is -0.323. The minimum atomic E-state index is -0.812. The molecule has 0 spiro atoms. The Morgan fingerprint density at radius 2 is 2.03 bits per heavy atom. The van der Waals surface area contributed by atoms with Crippen LogP contribution in [0.2, 0.25) is 0 Å². The third kappa shape index (κ3) is 3.28. The summed E-state index contributed by atoms with van der Waals surface area (Å²) < 4.78 is 20.6. The van der Waals surface area contributed by atoms with Gasteiger partial charge in [0.15, 0.2) is 0 Å². The lowest BCUT2D eigenvalue weighted by molar-refractivity contribution is -0.122. The van der Waals surface area contributed by atoms with Gasteiger partial charge in [0.1, 0.15) is 17.2 Å². The van der Waals surface area contributed by atoms with Crippen LogP contribution in [0.4, 0.5) is 4.39 Å². The van der Waals surface area contributed by atoms with E-state index in [0.717, 1.165) is 27.4 Å². The first kappa shape index (κ1) is 20.2. The Hall–Kier alpha value is -3.09. The normalized spacial score (nSPS) is 18.6. The molecule has 1 aromatic carbocycles. The Morgan fingerprint density at radius 1 is 1.30 bits per heavy atom. The van der Waals surface area contributed by atoms with E-state index >= 15 is 0 Å². The molecule has 30 heavy (non-hydrogen) atoms. The van der Waals surface area contributed by atoms with E-state index in [-0.39, 0.29) is 17.9 Å². The Kier molecular flexibility index (Phi) is 4.71. The number of nitrogens with one attached hydrogen (secondary N) is 3. The van der Waals surface area contributed by atoms with E-state index < -0.39 is 17.5 Å². The molecule has 2 aliphatic rings. The molecule has 2 aliphatic heterocycles. The van der Waals surface area contributed by atoms with Gasteiger partial charge < -0.3 is 20.4 Å². The van der Waals surface area contributed by atoms with E-state index in [1.807, 2.05) is 33.8 Å². The van der Waals surface area contributed by atoms with Crippen molar-refractivity contribution in [3.8, 4) is 5.75 Å². The van der Waals surface area contributed by atoms with Crippen molar-refractivity contribution >= 4 is 17.7 Å². The van der Waals surface area contributed by atoms with Crippen LogP contribution in [-0.4, -0.2) is 23.0 Å². The van der Waals surface area contributed by atoms with Crippen molar-refractivity contribution in [2.45, 2.75) is 52.7 Å². The number of hydrogen-bond donors (Lipinski definition) is 3. The summed E-state index contributed by atoms with van der Waals surface area (Å²) in [6.45, 7) is 9.85. The highest BCUT2D eigenvalue weighted by Crippen LogP contribution is 2.44. The number of amides is 1. The molecule has 0 aliphatic carbocycles. The summed E-state index contributed by atoms with van der Waals surface area (Å²) in [5.41, 5.74) is 2.14. The molecule has 4 rings (SSSR count). The molecule has 3 heterocycles. The van der Waals surface area contributed by atoms with Crippen molar-refractivity contribution in [3.05, 3.63) is 61.1 Å². The van der Waals surface area contributed by atoms with Gasteiger partial charge in [-0.2, -0.15) is 0 Å². The van der Waals surface area contributed by atoms with Gasteiger partial charge in [0.2, 0.25) is 5.91 Å². The van der Waals surface area contributed by atoms with Gasteiger partial charge in [0.25, 0.3) is 5.56 Å². The number of H-pyrrole nitrogens is 1. The Morgan fingerprint density at radius 3 is 2.77 bits per heavy atom. The largest absolute Gasteiger partial charge is 0.485 e.